The Morgan fingerprint density at radius 3 is 1.33 bits per heavy atom. The third-order valence-corrected chi connectivity index (χ3v) is 17.9. The van der Waals surface area contributed by atoms with Crippen molar-refractivity contribution in [3.8, 4) is 33.6 Å². The molecule has 10 aromatic carbocycles. The van der Waals surface area contributed by atoms with E-state index in [-0.39, 0.29) is 0 Å². The van der Waals surface area contributed by atoms with Gasteiger partial charge in [0.05, 0.1) is 33.4 Å². The van der Waals surface area contributed by atoms with Crippen LogP contribution in [0.1, 0.15) is 0 Å². The van der Waals surface area contributed by atoms with Gasteiger partial charge in [0.25, 0.3) is 0 Å². The zero-order valence-corrected chi connectivity index (χ0v) is 35.6. The van der Waals surface area contributed by atoms with Gasteiger partial charge in [0, 0.05) is 27.1 Å². The molecule has 0 N–H and O–H groups in total. The van der Waals surface area contributed by atoms with Crippen molar-refractivity contribution >= 4 is 72.4 Å². The molecule has 0 radical (unpaired) electrons. The number of hydrogen-bond donors (Lipinski definition) is 0. The molecule has 0 aliphatic rings. The molecule has 0 spiro atoms. The summed E-state index contributed by atoms with van der Waals surface area (Å²) in [5, 5.41) is 10.4. The van der Waals surface area contributed by atoms with E-state index in [2.05, 4.69) is 264 Å². The quantitative estimate of drug-likeness (QED) is 0.107. The summed E-state index contributed by atoms with van der Waals surface area (Å²) >= 11 is 0. The van der Waals surface area contributed by atoms with Crippen molar-refractivity contribution in [3.63, 3.8) is 0 Å². The number of aromatic nitrogens is 2. The van der Waals surface area contributed by atoms with Crippen LogP contribution in [-0.4, -0.2) is 17.2 Å². The molecule has 2 nitrogen and oxygen atoms in total. The monoisotopic (exact) mass is 818 g/mol. The highest BCUT2D eigenvalue weighted by Gasteiger charge is 2.41. The van der Waals surface area contributed by atoms with Crippen LogP contribution < -0.4 is 20.7 Å². The SMILES string of the molecule is c1ccc(-c2ccccc2-n2c3ccccc3c3c(-c4ccccc4)ccc(-n4c5ccccc5c5cc([Si](c6ccccc6)(c6ccccc6)c6ccccc6)ccc54)c32)cc1. The van der Waals surface area contributed by atoms with Crippen molar-refractivity contribution in [2.75, 3.05) is 0 Å². The second-order valence-corrected chi connectivity index (χ2v) is 20.2. The lowest BCUT2D eigenvalue weighted by Gasteiger charge is -2.34. The molecule has 12 aromatic rings. The fourth-order valence-corrected chi connectivity index (χ4v) is 15.2. The molecular formula is C60H42N2Si. The van der Waals surface area contributed by atoms with Crippen LogP contribution in [0.2, 0.25) is 0 Å². The number of fused-ring (bicyclic) bond motifs is 6. The van der Waals surface area contributed by atoms with E-state index in [1.54, 1.807) is 0 Å². The zero-order valence-electron chi connectivity index (χ0n) is 34.6. The Morgan fingerprint density at radius 1 is 0.270 bits per heavy atom. The van der Waals surface area contributed by atoms with Crippen molar-refractivity contribution < 1.29 is 0 Å². The van der Waals surface area contributed by atoms with Crippen LogP contribution in [0.4, 0.5) is 0 Å². The number of para-hydroxylation sites is 3. The number of benzene rings is 10. The van der Waals surface area contributed by atoms with Crippen LogP contribution in [-0.2, 0) is 0 Å². The molecule has 0 saturated carbocycles. The van der Waals surface area contributed by atoms with E-state index in [1.165, 1.54) is 86.6 Å². The average Bonchev–Trinajstić information content (AvgIpc) is 3.89. The highest BCUT2D eigenvalue weighted by molar-refractivity contribution is 7.20. The Morgan fingerprint density at radius 2 is 0.730 bits per heavy atom. The minimum Gasteiger partial charge on any atom is -0.307 e. The third-order valence-electron chi connectivity index (χ3n) is 13.1. The minimum atomic E-state index is -2.79. The summed E-state index contributed by atoms with van der Waals surface area (Å²) in [6.45, 7) is 0. The Balaban J connectivity index is 1.21. The maximum absolute atomic E-state index is 2.79. The maximum atomic E-state index is 2.53. The smallest absolute Gasteiger partial charge is 0.179 e. The van der Waals surface area contributed by atoms with Crippen LogP contribution in [0.5, 0.6) is 0 Å². The highest BCUT2D eigenvalue weighted by atomic mass is 28.3. The second-order valence-electron chi connectivity index (χ2n) is 16.4. The molecule has 0 amide bonds. The van der Waals surface area contributed by atoms with Crippen LogP contribution in [0, 0.1) is 0 Å². The van der Waals surface area contributed by atoms with Gasteiger partial charge in [0.1, 0.15) is 0 Å². The Bertz CT molecular complexity index is 3500. The van der Waals surface area contributed by atoms with Crippen molar-refractivity contribution in [1.82, 2.24) is 9.13 Å². The Kier molecular flexibility index (Phi) is 8.87. The predicted octanol–water partition coefficient (Wildman–Crippen LogP) is 12.6. The summed E-state index contributed by atoms with van der Waals surface area (Å²) in [6, 6.07) is 94.2. The van der Waals surface area contributed by atoms with E-state index < -0.39 is 8.07 Å². The summed E-state index contributed by atoms with van der Waals surface area (Å²) < 4.78 is 5.06. The predicted molar refractivity (Wildman–Crippen MR) is 270 cm³/mol. The molecule has 0 fully saturated rings. The number of nitrogens with zero attached hydrogens (tertiary/aromatic N) is 2. The average molecular weight is 819 g/mol. The standard InChI is InChI=1S/C60H42N2Si/c1-6-22-43(23-7-1)49-32-16-19-35-54(49)62-56-37-21-18-34-52(56)59-50(44-24-8-2-9-25-44)39-41-58(60(59)62)61-55-36-20-17-33-51(55)53-42-48(38-40-57(53)61)63(45-26-10-3-11-27-45,46-28-12-4-13-29-46)47-30-14-5-15-31-47/h1-42H. The van der Waals surface area contributed by atoms with Crippen molar-refractivity contribution in [2.45, 2.75) is 0 Å². The van der Waals surface area contributed by atoms with E-state index >= 15 is 0 Å². The van der Waals surface area contributed by atoms with Gasteiger partial charge in [-0.25, -0.2) is 0 Å². The van der Waals surface area contributed by atoms with Gasteiger partial charge >= 0.3 is 0 Å². The van der Waals surface area contributed by atoms with E-state index in [4.69, 9.17) is 0 Å². The molecule has 0 unspecified atom stereocenters. The fourth-order valence-electron chi connectivity index (χ4n) is 10.4. The van der Waals surface area contributed by atoms with Gasteiger partial charge in [-0.3, -0.25) is 0 Å². The first-order valence-corrected chi connectivity index (χ1v) is 23.8. The lowest BCUT2D eigenvalue weighted by molar-refractivity contribution is 1.13. The summed E-state index contributed by atoms with van der Waals surface area (Å²) in [5.41, 5.74) is 11.8. The van der Waals surface area contributed by atoms with Gasteiger partial charge in [-0.15, -0.1) is 0 Å². The molecule has 2 aromatic heterocycles. The summed E-state index contributed by atoms with van der Waals surface area (Å²) in [6.07, 6.45) is 0. The summed E-state index contributed by atoms with van der Waals surface area (Å²) in [4.78, 5) is 0. The van der Waals surface area contributed by atoms with Gasteiger partial charge in [-0.1, -0.05) is 224 Å². The molecule has 12 rings (SSSR count). The Labute approximate surface area is 368 Å². The lowest BCUT2D eigenvalue weighted by atomic mass is 9.98. The van der Waals surface area contributed by atoms with E-state index in [0.29, 0.717) is 0 Å². The number of rotatable bonds is 8. The van der Waals surface area contributed by atoms with Crippen LogP contribution >= 0.6 is 0 Å². The highest BCUT2D eigenvalue weighted by Crippen LogP contribution is 2.45. The largest absolute Gasteiger partial charge is 0.307 e. The molecule has 296 valence electrons. The van der Waals surface area contributed by atoms with E-state index in [1.807, 2.05) is 0 Å². The van der Waals surface area contributed by atoms with Gasteiger partial charge in [0.2, 0.25) is 0 Å². The van der Waals surface area contributed by atoms with E-state index in [0.717, 1.165) is 11.4 Å². The normalized spacial score (nSPS) is 11.8. The molecule has 2 heterocycles. The molecule has 0 aliphatic carbocycles. The molecule has 63 heavy (non-hydrogen) atoms. The van der Waals surface area contributed by atoms with Gasteiger partial charge in [0.15, 0.2) is 8.07 Å². The van der Waals surface area contributed by atoms with Gasteiger partial charge in [-0.05, 0) is 67.8 Å². The first kappa shape index (κ1) is 36.8. The Hall–Kier alpha value is -7.98. The third kappa shape index (κ3) is 5.78. The molecule has 0 bridgehead atoms. The number of hydrogen-bond acceptors (Lipinski definition) is 0. The molecule has 3 heteroatoms. The molecule has 0 atom stereocenters. The fraction of sp³-hybridized carbons (Fsp3) is 0. The maximum Gasteiger partial charge on any atom is 0.179 e. The lowest BCUT2D eigenvalue weighted by Crippen LogP contribution is -2.74. The summed E-state index contributed by atoms with van der Waals surface area (Å²) in [5.74, 6) is 0. The second kappa shape index (κ2) is 15.2. The molecule has 0 saturated heterocycles. The van der Waals surface area contributed by atoms with Crippen molar-refractivity contribution in [2.24, 2.45) is 0 Å². The molecular weight excluding hydrogens is 777 g/mol. The molecule has 0 aliphatic heterocycles. The van der Waals surface area contributed by atoms with Crippen LogP contribution in [0.15, 0.2) is 255 Å². The van der Waals surface area contributed by atoms with Crippen LogP contribution in [0.25, 0.3) is 77.2 Å². The minimum absolute atomic E-state index is 1.14. The van der Waals surface area contributed by atoms with E-state index in [9.17, 15) is 0 Å². The van der Waals surface area contributed by atoms with Crippen LogP contribution in [0.3, 0.4) is 0 Å². The van der Waals surface area contributed by atoms with Crippen molar-refractivity contribution in [1.29, 1.82) is 0 Å². The zero-order chi connectivity index (χ0) is 41.7. The van der Waals surface area contributed by atoms with Gasteiger partial charge in [-0.2, -0.15) is 0 Å². The topological polar surface area (TPSA) is 9.86 Å². The summed E-state index contributed by atoms with van der Waals surface area (Å²) in [7, 11) is -2.79. The first-order valence-electron chi connectivity index (χ1n) is 21.8. The first-order chi connectivity index (χ1) is 31.3. The van der Waals surface area contributed by atoms with Gasteiger partial charge < -0.3 is 9.13 Å². The van der Waals surface area contributed by atoms with Crippen molar-refractivity contribution in [3.05, 3.63) is 255 Å².